The van der Waals surface area contributed by atoms with Crippen LogP contribution in [0, 0.1) is 10.8 Å². The summed E-state index contributed by atoms with van der Waals surface area (Å²) in [6.45, 7) is 28.2. The number of hydrogen-bond acceptors (Lipinski definition) is 0. The van der Waals surface area contributed by atoms with E-state index in [-0.39, 0.29) is 17.6 Å². The van der Waals surface area contributed by atoms with Crippen LogP contribution < -0.4 is 0 Å². The van der Waals surface area contributed by atoms with E-state index >= 15 is 0 Å². The average Bonchev–Trinajstić information content (AvgIpc) is 2.52. The monoisotopic (exact) mass is 628 g/mol. The first kappa shape index (κ1) is 27.0. The number of rotatable bonds is 0. The van der Waals surface area contributed by atoms with Crippen molar-refractivity contribution in [1.82, 2.24) is 0 Å². The van der Waals surface area contributed by atoms with Crippen molar-refractivity contribution in [3.8, 4) is 0 Å². The Morgan fingerprint density at radius 2 is 1.29 bits per heavy atom. The van der Waals surface area contributed by atoms with Gasteiger partial charge in [0.2, 0.25) is 0 Å². The third-order valence-corrected chi connectivity index (χ3v) is 33.3. The molecule has 0 aromatic heterocycles. The standard InChI is InChI=1S/2C9H13.2C3H9Si.2Sn/c1-6-7-8(2)9(3,4)5;1-5-6-7-8-9(2,3)4;2*1-4(2)3;;/h1-2,6-7H,3-5H3;1,5-7H,2-4H3;2*1-3H3;;. The number of allylic oxidation sites excluding steroid dienone is 6. The van der Waals surface area contributed by atoms with E-state index in [2.05, 4.69) is 113 Å². The molecule has 4 aliphatic heterocycles. The van der Waals surface area contributed by atoms with E-state index in [0.717, 1.165) is 5.88 Å². The maximum atomic E-state index is 2.74. The molecule has 156 valence electrons. The second-order valence-corrected chi connectivity index (χ2v) is 36.1. The first-order chi connectivity index (χ1) is 12.7. The zero-order chi connectivity index (χ0) is 21.9. The minimum Gasteiger partial charge on any atom is -0.0715 e. The molecule has 0 spiro atoms. The van der Waals surface area contributed by atoms with Crippen molar-refractivity contribution in [1.29, 1.82) is 0 Å². The Bertz CT molecular complexity index is 616. The van der Waals surface area contributed by atoms with Crippen LogP contribution in [0.1, 0.15) is 41.5 Å². The van der Waals surface area contributed by atoms with Gasteiger partial charge in [-0.1, -0.05) is 39.3 Å². The van der Waals surface area contributed by atoms with Crippen LogP contribution in [0.2, 0.25) is 45.2 Å². The van der Waals surface area contributed by atoms with E-state index in [1.165, 1.54) is 0 Å². The van der Waals surface area contributed by atoms with Crippen molar-refractivity contribution >= 4 is 57.1 Å². The Hall–Kier alpha value is 0.991. The van der Waals surface area contributed by atoms with Crippen molar-refractivity contribution in [2.24, 2.45) is 10.8 Å². The van der Waals surface area contributed by atoms with E-state index in [1.54, 1.807) is 0 Å². The van der Waals surface area contributed by atoms with E-state index in [4.69, 9.17) is 0 Å². The minimum atomic E-state index is -1.60. The van der Waals surface area contributed by atoms with Gasteiger partial charge in [0, 0.05) is 17.6 Å². The van der Waals surface area contributed by atoms with Crippen molar-refractivity contribution in [2.45, 2.75) is 86.7 Å². The van der Waals surface area contributed by atoms with E-state index in [0.29, 0.717) is 10.8 Å². The molecule has 0 aromatic carbocycles. The second-order valence-electron chi connectivity index (χ2n) is 11.3. The molecule has 4 heteroatoms. The molecule has 0 amide bonds. The predicted octanol–water partition coefficient (Wildman–Crippen LogP) is 7.71. The molecular weight excluding hydrogens is 582 g/mol. The summed E-state index contributed by atoms with van der Waals surface area (Å²) in [5, 5.41) is 0. The van der Waals surface area contributed by atoms with Gasteiger partial charge >= 0.3 is 139 Å². The third kappa shape index (κ3) is 7.92. The van der Waals surface area contributed by atoms with Crippen LogP contribution in [-0.2, 0) is 0 Å². The SMILES string of the molecule is CC(C)(C)C1=CC=[CH][Sn]2[CH]3C=[CH][Sn]([C](C(C)(C)C)=C3)[CH]12.C[Si](C)C.C[Si](C)C. The largest absolute Gasteiger partial charge is 0.0715 e. The topological polar surface area (TPSA) is 0 Å². The quantitative estimate of drug-likeness (QED) is 0.242. The van der Waals surface area contributed by atoms with Crippen molar-refractivity contribution in [3.63, 3.8) is 0 Å². The van der Waals surface area contributed by atoms with Crippen molar-refractivity contribution in [2.75, 3.05) is 0 Å². The fourth-order valence-corrected chi connectivity index (χ4v) is 41.7. The van der Waals surface area contributed by atoms with E-state index < -0.39 is 39.5 Å². The van der Waals surface area contributed by atoms with Gasteiger partial charge in [0.05, 0.1) is 0 Å². The summed E-state index contributed by atoms with van der Waals surface area (Å²) in [6.07, 6.45) is 10.2. The molecule has 4 heterocycles. The predicted molar refractivity (Wildman–Crippen MR) is 139 cm³/mol. The molecule has 2 unspecified atom stereocenters. The number of hydrogen-bond donors (Lipinski definition) is 0. The van der Waals surface area contributed by atoms with E-state index in [1.807, 2.05) is 9.16 Å². The van der Waals surface area contributed by atoms with Gasteiger partial charge in [-0.3, -0.25) is 0 Å². The molecule has 4 radical (unpaired) electrons. The van der Waals surface area contributed by atoms with E-state index in [9.17, 15) is 0 Å². The summed E-state index contributed by atoms with van der Waals surface area (Å²) >= 11 is -3.04. The molecule has 2 atom stereocenters. The molecule has 4 aliphatic rings. The van der Waals surface area contributed by atoms with Gasteiger partial charge < -0.3 is 0 Å². The van der Waals surface area contributed by atoms with Crippen molar-refractivity contribution < 1.29 is 0 Å². The van der Waals surface area contributed by atoms with Crippen LogP contribution in [0.4, 0.5) is 0 Å². The van der Waals surface area contributed by atoms with Crippen LogP contribution in [0.15, 0.2) is 41.7 Å². The maximum Gasteiger partial charge on any atom is 0.0379 e. The first-order valence-corrected chi connectivity index (χ1v) is 26.4. The molecule has 0 saturated heterocycles. The molecule has 0 nitrogen and oxygen atoms in total. The van der Waals surface area contributed by atoms with Crippen LogP contribution in [0.25, 0.3) is 0 Å². The minimum absolute atomic E-state index is 0.120. The maximum absolute atomic E-state index is 2.74. The zero-order valence-corrected chi connectivity index (χ0v) is 28.3. The third-order valence-electron chi connectivity index (χ3n) is 4.72. The smallest absolute Gasteiger partial charge is 0.0379 e. The Morgan fingerprint density at radius 1 is 0.786 bits per heavy atom. The van der Waals surface area contributed by atoms with Gasteiger partial charge in [0.25, 0.3) is 0 Å². The molecule has 4 rings (SSSR count). The summed E-state index contributed by atoms with van der Waals surface area (Å²) in [6, 6.07) is 0. The van der Waals surface area contributed by atoms with Crippen LogP contribution in [0.3, 0.4) is 0 Å². The van der Waals surface area contributed by atoms with Gasteiger partial charge in [-0.2, -0.15) is 0 Å². The molecule has 0 aliphatic carbocycles. The van der Waals surface area contributed by atoms with Gasteiger partial charge in [-0.05, 0) is 0 Å². The summed E-state index contributed by atoms with van der Waals surface area (Å²) < 4.78 is 9.23. The molecule has 0 aromatic rings. The molecular formula is C24H44Si2Sn2. The van der Waals surface area contributed by atoms with Crippen LogP contribution in [0.5, 0.6) is 0 Å². The summed E-state index contributed by atoms with van der Waals surface area (Å²) in [7, 11) is 0.241. The Morgan fingerprint density at radius 3 is 1.71 bits per heavy atom. The molecule has 0 fully saturated rings. The Labute approximate surface area is 194 Å². The molecule has 2 bridgehead atoms. The van der Waals surface area contributed by atoms with Gasteiger partial charge in [-0.25, -0.2) is 0 Å². The average molecular weight is 626 g/mol. The summed E-state index contributed by atoms with van der Waals surface area (Å²) in [5.41, 5.74) is 2.58. The van der Waals surface area contributed by atoms with Gasteiger partial charge in [0.15, 0.2) is 0 Å². The van der Waals surface area contributed by atoms with Crippen LogP contribution in [-0.4, -0.2) is 57.1 Å². The fourth-order valence-electron chi connectivity index (χ4n) is 3.74. The fraction of sp³-hybridized carbons (Fsp3) is 0.667. The van der Waals surface area contributed by atoms with Crippen molar-refractivity contribution in [3.05, 3.63) is 41.7 Å². The molecule has 28 heavy (non-hydrogen) atoms. The van der Waals surface area contributed by atoms with Crippen LogP contribution >= 0.6 is 0 Å². The summed E-state index contributed by atoms with van der Waals surface area (Å²) in [4.78, 5) is 0. The Kier molecular flexibility index (Phi) is 10.6. The Balaban J connectivity index is 0.000000420. The summed E-state index contributed by atoms with van der Waals surface area (Å²) in [5.74, 6) is 0. The second kappa shape index (κ2) is 11.0. The van der Waals surface area contributed by atoms with Gasteiger partial charge in [0.1, 0.15) is 0 Å². The normalized spacial score (nSPS) is 24.2. The van der Waals surface area contributed by atoms with Gasteiger partial charge in [-0.15, -0.1) is 0 Å². The molecule has 0 saturated carbocycles. The first-order valence-electron chi connectivity index (χ1n) is 10.7. The molecule has 0 N–H and O–H groups in total. The zero-order valence-electron chi connectivity index (χ0n) is 20.6.